The summed E-state index contributed by atoms with van der Waals surface area (Å²) in [5.74, 6) is 0.608. The molecule has 1 aromatic heterocycles. The molecule has 0 aliphatic carbocycles. The highest BCUT2D eigenvalue weighted by atomic mass is 16.1. The van der Waals surface area contributed by atoms with Crippen molar-refractivity contribution in [3.8, 4) is 0 Å². The number of imidazole rings is 1. The van der Waals surface area contributed by atoms with Crippen LogP contribution < -0.4 is 0 Å². The number of hydrogen-bond donors (Lipinski definition) is 0. The molecule has 3 aromatic rings. The van der Waals surface area contributed by atoms with Crippen LogP contribution >= 0.6 is 0 Å². The fourth-order valence-corrected chi connectivity index (χ4v) is 3.87. The summed E-state index contributed by atoms with van der Waals surface area (Å²) < 4.78 is 2.12. The van der Waals surface area contributed by atoms with Crippen molar-refractivity contribution in [3.63, 3.8) is 0 Å². The Morgan fingerprint density at radius 2 is 1.88 bits per heavy atom. The Labute approximate surface area is 148 Å². The van der Waals surface area contributed by atoms with Gasteiger partial charge in [-0.1, -0.05) is 42.5 Å². The quantitative estimate of drug-likeness (QED) is 0.665. The van der Waals surface area contributed by atoms with Gasteiger partial charge in [0.25, 0.3) is 0 Å². The lowest BCUT2D eigenvalue weighted by atomic mass is 10.1. The number of fused-ring (bicyclic) bond motifs is 1. The van der Waals surface area contributed by atoms with Crippen LogP contribution in [0.5, 0.6) is 0 Å². The summed E-state index contributed by atoms with van der Waals surface area (Å²) in [7, 11) is 0. The van der Waals surface area contributed by atoms with Crippen LogP contribution in [-0.2, 0) is 13.1 Å². The summed E-state index contributed by atoms with van der Waals surface area (Å²) in [4.78, 5) is 19.2. The van der Waals surface area contributed by atoms with E-state index in [1.165, 1.54) is 12.0 Å². The lowest BCUT2D eigenvalue weighted by molar-refractivity contribution is 0.0997. The number of ketones is 1. The topological polar surface area (TPSA) is 38.1 Å². The van der Waals surface area contributed by atoms with Crippen molar-refractivity contribution >= 4 is 16.8 Å². The van der Waals surface area contributed by atoms with Crippen molar-refractivity contribution in [1.29, 1.82) is 0 Å². The first-order chi connectivity index (χ1) is 12.2. The van der Waals surface area contributed by atoms with Gasteiger partial charge in [0.1, 0.15) is 0 Å². The molecule has 1 aliphatic heterocycles. The second-order valence-electron chi connectivity index (χ2n) is 6.84. The molecule has 0 spiro atoms. The highest BCUT2D eigenvalue weighted by Crippen LogP contribution is 2.24. The van der Waals surface area contributed by atoms with Crippen LogP contribution in [0.4, 0.5) is 0 Å². The molecule has 0 unspecified atom stereocenters. The molecule has 1 fully saturated rings. The summed E-state index contributed by atoms with van der Waals surface area (Å²) in [5.41, 5.74) is 3.30. The number of carbonyl (C=O) groups excluding carboxylic acids is 1. The molecule has 4 rings (SSSR count). The van der Waals surface area contributed by atoms with Crippen LogP contribution in [0.2, 0.25) is 0 Å². The smallest absolute Gasteiger partial charge is 0.195 e. The number of carbonyl (C=O) groups is 1. The van der Waals surface area contributed by atoms with E-state index in [1.807, 2.05) is 18.2 Å². The maximum absolute atomic E-state index is 12.1. The lowest BCUT2D eigenvalue weighted by Gasteiger charge is -2.25. The van der Waals surface area contributed by atoms with Gasteiger partial charge in [0, 0.05) is 26.1 Å². The van der Waals surface area contributed by atoms with Gasteiger partial charge in [0.05, 0.1) is 11.0 Å². The molecular weight excluding hydrogens is 310 g/mol. The zero-order chi connectivity index (χ0) is 17.2. The van der Waals surface area contributed by atoms with E-state index in [4.69, 9.17) is 0 Å². The number of hydrogen-bond acceptors (Lipinski definition) is 3. The molecule has 4 nitrogen and oxygen atoms in total. The lowest BCUT2D eigenvalue weighted by Crippen LogP contribution is -2.33. The molecule has 0 radical (unpaired) electrons. The fraction of sp³-hybridized carbons (Fsp3) is 0.333. The first kappa shape index (κ1) is 16.0. The predicted molar refractivity (Wildman–Crippen MR) is 99.6 cm³/mol. The number of Topliss-reactive ketones (excluding diaryl/α,β-unsaturated/α-hetero) is 1. The molecule has 2 aromatic carbocycles. The number of benzene rings is 2. The van der Waals surface area contributed by atoms with Gasteiger partial charge in [-0.2, -0.15) is 0 Å². The second-order valence-corrected chi connectivity index (χ2v) is 6.84. The van der Waals surface area contributed by atoms with Crippen molar-refractivity contribution in [1.82, 2.24) is 14.5 Å². The van der Waals surface area contributed by atoms with E-state index in [2.05, 4.69) is 50.8 Å². The average molecular weight is 333 g/mol. The molecule has 0 saturated carbocycles. The van der Waals surface area contributed by atoms with Gasteiger partial charge in [-0.05, 0) is 37.1 Å². The maximum Gasteiger partial charge on any atom is 0.195 e. The minimum absolute atomic E-state index is 0.0313. The van der Waals surface area contributed by atoms with E-state index < -0.39 is 0 Å². The molecule has 1 aliphatic rings. The monoisotopic (exact) mass is 333 g/mol. The third-order valence-electron chi connectivity index (χ3n) is 5.09. The predicted octanol–water partition coefficient (Wildman–Crippen LogP) is 3.90. The summed E-state index contributed by atoms with van der Waals surface area (Å²) in [6.45, 7) is 4.51. The minimum atomic E-state index is 0.0313. The average Bonchev–Trinajstić information content (AvgIpc) is 3.21. The molecular formula is C21H23N3O. The summed E-state index contributed by atoms with van der Waals surface area (Å²) in [6, 6.07) is 19.1. The summed E-state index contributed by atoms with van der Waals surface area (Å²) in [6.07, 6.45) is 2.37. The van der Waals surface area contributed by atoms with Crippen molar-refractivity contribution < 1.29 is 4.79 Å². The Morgan fingerprint density at radius 3 is 2.68 bits per heavy atom. The van der Waals surface area contributed by atoms with Crippen LogP contribution in [-0.4, -0.2) is 32.8 Å². The molecule has 0 amide bonds. The molecule has 4 heteroatoms. The summed E-state index contributed by atoms with van der Waals surface area (Å²) >= 11 is 0. The van der Waals surface area contributed by atoms with Crippen LogP contribution in [0.1, 0.15) is 35.9 Å². The van der Waals surface area contributed by atoms with Gasteiger partial charge in [0.2, 0.25) is 0 Å². The second kappa shape index (κ2) is 6.81. The Bertz CT molecular complexity index is 885. The van der Waals surface area contributed by atoms with Gasteiger partial charge in [-0.3, -0.25) is 9.69 Å². The van der Waals surface area contributed by atoms with Gasteiger partial charge >= 0.3 is 0 Å². The largest absolute Gasteiger partial charge is 0.320 e. The molecule has 0 N–H and O–H groups in total. The van der Waals surface area contributed by atoms with Gasteiger partial charge in [0.15, 0.2) is 11.6 Å². The van der Waals surface area contributed by atoms with Gasteiger partial charge in [-0.15, -0.1) is 0 Å². The zero-order valence-electron chi connectivity index (χ0n) is 14.6. The Morgan fingerprint density at radius 1 is 1.12 bits per heavy atom. The zero-order valence-corrected chi connectivity index (χ0v) is 14.6. The van der Waals surface area contributed by atoms with Crippen molar-refractivity contribution in [3.05, 3.63) is 66.0 Å². The molecule has 1 atom stereocenters. The van der Waals surface area contributed by atoms with Crippen molar-refractivity contribution in [2.24, 2.45) is 0 Å². The Hall–Kier alpha value is -2.46. The standard InChI is InChI=1S/C21H23N3O/c1-16(25)21-22-19-11-5-6-12-20(19)24(21)15-18-10-7-13-23(18)14-17-8-3-2-4-9-17/h2-6,8-9,11-12,18H,7,10,13-15H2,1H3/t18-/m0/s1. The third kappa shape index (κ3) is 3.22. The van der Waals surface area contributed by atoms with E-state index in [0.29, 0.717) is 11.9 Å². The molecule has 2 heterocycles. The first-order valence-electron chi connectivity index (χ1n) is 8.96. The molecule has 25 heavy (non-hydrogen) atoms. The van der Waals surface area contributed by atoms with Crippen molar-refractivity contribution in [2.45, 2.75) is 38.9 Å². The number of likely N-dealkylation sites (tertiary alicyclic amines) is 1. The van der Waals surface area contributed by atoms with Gasteiger partial charge in [-0.25, -0.2) is 4.98 Å². The van der Waals surface area contributed by atoms with E-state index in [-0.39, 0.29) is 5.78 Å². The minimum Gasteiger partial charge on any atom is -0.320 e. The van der Waals surface area contributed by atoms with Crippen LogP contribution in [0.25, 0.3) is 11.0 Å². The normalized spacial score (nSPS) is 18.0. The third-order valence-corrected chi connectivity index (χ3v) is 5.09. The number of rotatable bonds is 5. The first-order valence-corrected chi connectivity index (χ1v) is 8.96. The number of nitrogens with zero attached hydrogens (tertiary/aromatic N) is 3. The van der Waals surface area contributed by atoms with Crippen molar-refractivity contribution in [2.75, 3.05) is 6.54 Å². The van der Waals surface area contributed by atoms with E-state index in [1.54, 1.807) is 6.92 Å². The van der Waals surface area contributed by atoms with Crippen LogP contribution in [0, 0.1) is 0 Å². The maximum atomic E-state index is 12.1. The van der Waals surface area contributed by atoms with Gasteiger partial charge < -0.3 is 4.57 Å². The van der Waals surface area contributed by atoms with E-state index in [9.17, 15) is 4.79 Å². The fourth-order valence-electron chi connectivity index (χ4n) is 3.87. The van der Waals surface area contributed by atoms with E-state index >= 15 is 0 Å². The van der Waals surface area contributed by atoms with E-state index in [0.717, 1.165) is 37.1 Å². The highest BCUT2D eigenvalue weighted by Gasteiger charge is 2.27. The highest BCUT2D eigenvalue weighted by molar-refractivity contribution is 5.94. The summed E-state index contributed by atoms with van der Waals surface area (Å²) in [5, 5.41) is 0. The SMILES string of the molecule is CC(=O)c1nc2ccccc2n1C[C@@H]1CCCN1Cc1ccccc1. The Balaban J connectivity index is 1.61. The van der Waals surface area contributed by atoms with Crippen LogP contribution in [0.3, 0.4) is 0 Å². The molecule has 1 saturated heterocycles. The molecule has 0 bridgehead atoms. The number of para-hydroxylation sites is 2. The van der Waals surface area contributed by atoms with Crippen LogP contribution in [0.15, 0.2) is 54.6 Å². The number of aromatic nitrogens is 2. The molecule has 128 valence electrons. The Kier molecular flexibility index (Phi) is 4.36.